The Balaban J connectivity index is 1.73. The lowest BCUT2D eigenvalue weighted by molar-refractivity contribution is -0.151. The van der Waals surface area contributed by atoms with Crippen LogP contribution in [0.3, 0.4) is 0 Å². The van der Waals surface area contributed by atoms with E-state index in [1.54, 1.807) is 38.1 Å². The van der Waals surface area contributed by atoms with Crippen molar-refractivity contribution in [2.45, 2.75) is 37.8 Å². The van der Waals surface area contributed by atoms with E-state index in [-0.39, 0.29) is 24.0 Å². The predicted octanol–water partition coefficient (Wildman–Crippen LogP) is 1.49. The van der Waals surface area contributed by atoms with E-state index in [2.05, 4.69) is 10.6 Å². The van der Waals surface area contributed by atoms with E-state index in [1.807, 2.05) is 18.2 Å². The molecule has 0 spiro atoms. The lowest BCUT2D eigenvalue weighted by Crippen LogP contribution is -2.46. The van der Waals surface area contributed by atoms with Crippen molar-refractivity contribution in [3.63, 3.8) is 0 Å². The van der Waals surface area contributed by atoms with E-state index in [9.17, 15) is 22.8 Å². The van der Waals surface area contributed by atoms with E-state index in [4.69, 9.17) is 14.6 Å². The Morgan fingerprint density at radius 2 is 1.59 bits per heavy atom. The molecule has 34 heavy (non-hydrogen) atoms. The number of amides is 2. The third-order valence-corrected chi connectivity index (χ3v) is 5.67. The van der Waals surface area contributed by atoms with Crippen molar-refractivity contribution in [1.82, 2.24) is 10.6 Å². The molecule has 0 saturated carbocycles. The van der Waals surface area contributed by atoms with Crippen molar-refractivity contribution in [2.24, 2.45) is 11.1 Å². The van der Waals surface area contributed by atoms with Crippen molar-refractivity contribution >= 4 is 28.0 Å². The molecule has 0 saturated heterocycles. The summed E-state index contributed by atoms with van der Waals surface area (Å²) >= 11 is 0. The van der Waals surface area contributed by atoms with Crippen LogP contribution >= 0.6 is 0 Å². The largest absolute Gasteiger partial charge is 0.454 e. The summed E-state index contributed by atoms with van der Waals surface area (Å²) in [6.07, 6.45) is -0.328. The smallest absolute Gasteiger partial charge is 0.408 e. The topological polar surface area (TPSA) is 154 Å². The number of hydrogen-bond acceptors (Lipinski definition) is 7. The summed E-state index contributed by atoms with van der Waals surface area (Å²) in [5.74, 6) is -1.55. The van der Waals surface area contributed by atoms with Crippen LogP contribution in [-0.2, 0) is 42.1 Å². The summed E-state index contributed by atoms with van der Waals surface area (Å²) in [6.45, 7) is 3.25. The highest BCUT2D eigenvalue weighted by molar-refractivity contribution is 7.89. The van der Waals surface area contributed by atoms with Crippen LogP contribution in [0.25, 0.3) is 0 Å². The maximum absolute atomic E-state index is 12.4. The molecule has 11 heteroatoms. The second-order valence-corrected chi connectivity index (χ2v) is 9.39. The number of benzene rings is 2. The molecule has 10 nitrogen and oxygen atoms in total. The fourth-order valence-electron chi connectivity index (χ4n) is 2.86. The molecule has 2 aromatic rings. The van der Waals surface area contributed by atoms with Crippen LogP contribution in [0.2, 0.25) is 0 Å². The molecule has 2 aromatic carbocycles. The van der Waals surface area contributed by atoms with Gasteiger partial charge in [0, 0.05) is 6.54 Å². The number of ether oxygens (including phenoxy) is 2. The molecule has 1 atom stereocenters. The van der Waals surface area contributed by atoms with Gasteiger partial charge in [-0.2, -0.15) is 0 Å². The molecular formula is C23H29N3O7S. The zero-order valence-electron chi connectivity index (χ0n) is 19.0. The van der Waals surface area contributed by atoms with Crippen LogP contribution in [0.4, 0.5) is 4.79 Å². The minimum atomic E-state index is -3.76. The maximum atomic E-state index is 12.4. The monoisotopic (exact) mass is 491 g/mol. The Morgan fingerprint density at radius 3 is 2.18 bits per heavy atom. The quantitative estimate of drug-likeness (QED) is 0.402. The first-order valence-electron chi connectivity index (χ1n) is 10.6. The van der Waals surface area contributed by atoms with Gasteiger partial charge in [0.25, 0.3) is 5.91 Å². The Labute approximate surface area is 198 Å². The van der Waals surface area contributed by atoms with Crippen molar-refractivity contribution in [3.8, 4) is 0 Å². The van der Waals surface area contributed by atoms with Crippen LogP contribution in [0.15, 0.2) is 59.5 Å². The van der Waals surface area contributed by atoms with Gasteiger partial charge in [0.1, 0.15) is 12.6 Å². The normalized spacial score (nSPS) is 12.0. The third kappa shape index (κ3) is 9.20. The predicted molar refractivity (Wildman–Crippen MR) is 124 cm³/mol. The lowest BCUT2D eigenvalue weighted by atomic mass is 10.1. The number of carbonyl (C=O) groups excluding carboxylic acids is 3. The number of carbonyl (C=O) groups is 3. The molecule has 2 rings (SSSR count). The van der Waals surface area contributed by atoms with E-state index < -0.39 is 40.6 Å². The zero-order chi connectivity index (χ0) is 25.1. The van der Waals surface area contributed by atoms with Crippen LogP contribution in [0.5, 0.6) is 0 Å². The third-order valence-electron chi connectivity index (χ3n) is 4.74. The number of alkyl carbamates (subject to hydrolysis) is 1. The van der Waals surface area contributed by atoms with Crippen LogP contribution < -0.4 is 15.8 Å². The van der Waals surface area contributed by atoms with Gasteiger partial charge in [-0.3, -0.25) is 4.79 Å². The number of primary sulfonamides is 1. The maximum Gasteiger partial charge on any atom is 0.408 e. The highest BCUT2D eigenvalue weighted by atomic mass is 32.2. The van der Waals surface area contributed by atoms with Gasteiger partial charge < -0.3 is 20.1 Å². The van der Waals surface area contributed by atoms with Gasteiger partial charge in [-0.25, -0.2) is 23.1 Å². The SMILES string of the molecule is CC(C)C(NC(=O)OCc1ccccc1)C(=O)OCC(=O)NCCc1ccc(S(N)(=O)=O)cc1. The second-order valence-electron chi connectivity index (χ2n) is 7.82. The minimum Gasteiger partial charge on any atom is -0.454 e. The van der Waals surface area contributed by atoms with Gasteiger partial charge >= 0.3 is 12.1 Å². The number of sulfonamides is 1. The van der Waals surface area contributed by atoms with Gasteiger partial charge in [-0.05, 0) is 35.6 Å². The number of esters is 1. The second kappa shape index (κ2) is 12.7. The Bertz CT molecular complexity index is 1070. The Morgan fingerprint density at radius 1 is 0.941 bits per heavy atom. The first-order valence-corrected chi connectivity index (χ1v) is 12.1. The molecule has 1 unspecified atom stereocenters. The molecule has 0 aromatic heterocycles. The summed E-state index contributed by atoms with van der Waals surface area (Å²) in [7, 11) is -3.76. The highest BCUT2D eigenvalue weighted by Gasteiger charge is 2.27. The molecule has 0 fully saturated rings. The number of hydrogen-bond donors (Lipinski definition) is 3. The molecular weight excluding hydrogens is 462 g/mol. The number of nitrogens with two attached hydrogens (primary N) is 1. The molecule has 184 valence electrons. The summed E-state index contributed by atoms with van der Waals surface area (Å²) in [6, 6.07) is 14.1. The van der Waals surface area contributed by atoms with Crippen molar-refractivity contribution in [2.75, 3.05) is 13.2 Å². The first kappa shape index (κ1) is 26.8. The summed E-state index contributed by atoms with van der Waals surface area (Å²) < 4.78 is 32.7. The van der Waals surface area contributed by atoms with Crippen molar-refractivity contribution in [1.29, 1.82) is 0 Å². The van der Waals surface area contributed by atoms with Gasteiger partial charge in [0.2, 0.25) is 10.0 Å². The summed E-state index contributed by atoms with van der Waals surface area (Å²) in [4.78, 5) is 36.4. The van der Waals surface area contributed by atoms with Gasteiger partial charge in [-0.1, -0.05) is 56.3 Å². The van der Waals surface area contributed by atoms with Crippen molar-refractivity contribution < 1.29 is 32.3 Å². The van der Waals surface area contributed by atoms with Crippen LogP contribution in [0, 0.1) is 5.92 Å². The van der Waals surface area contributed by atoms with Gasteiger partial charge in [0.15, 0.2) is 6.61 Å². The van der Waals surface area contributed by atoms with Crippen LogP contribution in [-0.4, -0.2) is 45.6 Å². The molecule has 0 aliphatic rings. The fourth-order valence-corrected chi connectivity index (χ4v) is 3.37. The highest BCUT2D eigenvalue weighted by Crippen LogP contribution is 2.09. The zero-order valence-corrected chi connectivity index (χ0v) is 19.8. The molecule has 0 aliphatic heterocycles. The fraction of sp³-hybridized carbons (Fsp3) is 0.348. The summed E-state index contributed by atoms with van der Waals surface area (Å²) in [5.41, 5.74) is 1.60. The average Bonchev–Trinajstić information content (AvgIpc) is 2.80. The molecule has 4 N–H and O–H groups in total. The van der Waals surface area contributed by atoms with E-state index in [0.717, 1.165) is 11.1 Å². The van der Waals surface area contributed by atoms with E-state index in [1.165, 1.54) is 12.1 Å². The van der Waals surface area contributed by atoms with E-state index >= 15 is 0 Å². The average molecular weight is 492 g/mol. The molecule has 0 aliphatic carbocycles. The molecule has 2 amide bonds. The number of rotatable bonds is 11. The van der Waals surface area contributed by atoms with E-state index in [0.29, 0.717) is 6.42 Å². The lowest BCUT2D eigenvalue weighted by Gasteiger charge is -2.20. The minimum absolute atomic E-state index is 0.00413. The summed E-state index contributed by atoms with van der Waals surface area (Å²) in [5, 5.41) is 10.1. The molecule has 0 bridgehead atoms. The number of nitrogens with one attached hydrogen (secondary N) is 2. The Hall–Kier alpha value is -3.44. The molecule has 0 radical (unpaired) electrons. The Kier molecular flexibility index (Phi) is 10.0. The van der Waals surface area contributed by atoms with Gasteiger partial charge in [0.05, 0.1) is 4.90 Å². The van der Waals surface area contributed by atoms with Gasteiger partial charge in [-0.15, -0.1) is 0 Å². The van der Waals surface area contributed by atoms with Crippen LogP contribution in [0.1, 0.15) is 25.0 Å². The standard InChI is InChI=1S/C23H29N3O7S/c1-16(2)21(26-23(29)33-14-18-6-4-3-5-7-18)22(28)32-15-20(27)25-13-12-17-8-10-19(11-9-17)34(24,30)31/h3-11,16,21H,12-15H2,1-2H3,(H,25,27)(H,26,29)(H2,24,30,31). The first-order chi connectivity index (χ1) is 16.1. The molecule has 0 heterocycles. The van der Waals surface area contributed by atoms with Crippen molar-refractivity contribution in [3.05, 3.63) is 65.7 Å².